The van der Waals surface area contributed by atoms with Gasteiger partial charge in [0, 0.05) is 18.0 Å². The van der Waals surface area contributed by atoms with E-state index in [0.29, 0.717) is 18.4 Å². The molecule has 5 nitrogen and oxygen atoms in total. The second kappa shape index (κ2) is 7.32. The summed E-state index contributed by atoms with van der Waals surface area (Å²) < 4.78 is 15.2. The quantitative estimate of drug-likeness (QED) is 0.891. The lowest BCUT2D eigenvalue weighted by Gasteiger charge is -2.27. The van der Waals surface area contributed by atoms with E-state index in [-0.39, 0.29) is 16.8 Å². The first kappa shape index (κ1) is 16.9. The molecule has 1 aliphatic heterocycles. The lowest BCUT2D eigenvalue weighted by atomic mass is 9.92. The normalized spacial score (nSPS) is 20.8. The molecule has 1 aromatic carbocycles. The summed E-state index contributed by atoms with van der Waals surface area (Å²) in [5.41, 5.74) is 0.728. The van der Waals surface area contributed by atoms with Gasteiger partial charge in [0.1, 0.15) is 11.6 Å². The molecule has 0 aliphatic carbocycles. The van der Waals surface area contributed by atoms with Gasteiger partial charge in [-0.25, -0.2) is 9.07 Å². The van der Waals surface area contributed by atoms with Crippen molar-refractivity contribution in [2.24, 2.45) is 5.92 Å². The number of nitrogens with one attached hydrogen (secondary N) is 2. The summed E-state index contributed by atoms with van der Waals surface area (Å²) in [6.45, 7) is 3.29. The number of halogens is 2. The Kier molecular flexibility index (Phi) is 5.16. The third-order valence-electron chi connectivity index (χ3n) is 4.28. The van der Waals surface area contributed by atoms with Crippen LogP contribution in [0.5, 0.6) is 0 Å². The molecule has 1 amide bonds. The fraction of sp³-hybridized carbons (Fsp3) is 0.412. The van der Waals surface area contributed by atoms with E-state index < -0.39 is 5.82 Å². The van der Waals surface area contributed by atoms with Crippen LogP contribution < -0.4 is 10.6 Å². The maximum Gasteiger partial charge on any atom is 0.228 e. The molecule has 0 bridgehead atoms. The number of hydrogen-bond donors (Lipinski definition) is 2. The van der Waals surface area contributed by atoms with E-state index in [0.717, 1.165) is 24.9 Å². The van der Waals surface area contributed by atoms with Gasteiger partial charge >= 0.3 is 0 Å². The lowest BCUT2D eigenvalue weighted by molar-refractivity contribution is -0.120. The molecule has 1 fully saturated rings. The van der Waals surface area contributed by atoms with Gasteiger partial charge in [-0.15, -0.1) is 0 Å². The molecule has 1 saturated heterocycles. The first-order chi connectivity index (χ1) is 11.5. The molecular weight excluding hydrogens is 331 g/mol. The summed E-state index contributed by atoms with van der Waals surface area (Å²) in [6.07, 6.45) is 3.27. The van der Waals surface area contributed by atoms with E-state index in [1.165, 1.54) is 12.1 Å². The Labute approximate surface area is 145 Å². The lowest BCUT2D eigenvalue weighted by Crippen LogP contribution is -2.40. The molecule has 1 aromatic heterocycles. The number of piperidine rings is 1. The summed E-state index contributed by atoms with van der Waals surface area (Å²) in [5.74, 6) is 0.155. The van der Waals surface area contributed by atoms with Crippen molar-refractivity contribution in [2.75, 3.05) is 11.9 Å². The SMILES string of the molecule is C[C@H]1C[C@@H](C(=O)Nc2ccnn2Cc2ccc(Cl)c(F)c2)CCN1. The molecule has 24 heavy (non-hydrogen) atoms. The van der Waals surface area contributed by atoms with E-state index in [1.54, 1.807) is 23.0 Å². The summed E-state index contributed by atoms with van der Waals surface area (Å²) in [6, 6.07) is 6.73. The van der Waals surface area contributed by atoms with E-state index in [4.69, 9.17) is 11.6 Å². The van der Waals surface area contributed by atoms with Crippen LogP contribution in [-0.4, -0.2) is 28.3 Å². The van der Waals surface area contributed by atoms with Crippen molar-refractivity contribution in [3.05, 3.63) is 46.9 Å². The van der Waals surface area contributed by atoms with Crippen molar-refractivity contribution in [3.8, 4) is 0 Å². The molecule has 128 valence electrons. The fourth-order valence-corrected chi connectivity index (χ4v) is 3.09. The van der Waals surface area contributed by atoms with Crippen molar-refractivity contribution in [1.29, 1.82) is 0 Å². The molecule has 0 unspecified atom stereocenters. The standard InChI is InChI=1S/C17H20ClFN4O/c1-11-8-13(4-6-20-11)17(24)22-16-5-7-21-23(16)10-12-2-3-14(18)15(19)9-12/h2-3,5,7,9,11,13,20H,4,6,8,10H2,1H3,(H,22,24)/t11-,13-/m0/s1. The average molecular weight is 351 g/mol. The van der Waals surface area contributed by atoms with Crippen molar-refractivity contribution in [3.63, 3.8) is 0 Å². The zero-order valence-electron chi connectivity index (χ0n) is 13.4. The Morgan fingerprint density at radius 1 is 1.50 bits per heavy atom. The maximum absolute atomic E-state index is 13.6. The number of anilines is 1. The highest BCUT2D eigenvalue weighted by molar-refractivity contribution is 6.30. The van der Waals surface area contributed by atoms with Gasteiger partial charge < -0.3 is 10.6 Å². The van der Waals surface area contributed by atoms with Crippen molar-refractivity contribution >= 4 is 23.3 Å². The minimum Gasteiger partial charge on any atom is -0.314 e. The van der Waals surface area contributed by atoms with E-state index >= 15 is 0 Å². The highest BCUT2D eigenvalue weighted by Crippen LogP contribution is 2.20. The van der Waals surface area contributed by atoms with Crippen molar-refractivity contribution < 1.29 is 9.18 Å². The Hall–Kier alpha value is -1.92. The zero-order valence-corrected chi connectivity index (χ0v) is 14.2. The fourth-order valence-electron chi connectivity index (χ4n) is 2.97. The van der Waals surface area contributed by atoms with E-state index in [9.17, 15) is 9.18 Å². The Balaban J connectivity index is 1.68. The van der Waals surface area contributed by atoms with Crippen LogP contribution in [0.4, 0.5) is 10.2 Å². The van der Waals surface area contributed by atoms with Gasteiger partial charge in [-0.2, -0.15) is 5.10 Å². The van der Waals surface area contributed by atoms with Gasteiger partial charge in [-0.3, -0.25) is 4.79 Å². The molecule has 2 aromatic rings. The molecule has 3 rings (SSSR count). The summed E-state index contributed by atoms with van der Waals surface area (Å²) in [4.78, 5) is 12.5. The van der Waals surface area contributed by atoms with E-state index in [1.807, 2.05) is 0 Å². The predicted molar refractivity (Wildman–Crippen MR) is 91.6 cm³/mol. The molecule has 0 saturated carbocycles. The van der Waals surface area contributed by atoms with Gasteiger partial charge in [0.25, 0.3) is 0 Å². The topological polar surface area (TPSA) is 59.0 Å². The monoisotopic (exact) mass is 350 g/mol. The van der Waals surface area contributed by atoms with Crippen molar-refractivity contribution in [1.82, 2.24) is 15.1 Å². The van der Waals surface area contributed by atoms with Gasteiger partial charge in [0.2, 0.25) is 5.91 Å². The third kappa shape index (κ3) is 3.94. The molecular formula is C17H20ClFN4O. The molecule has 2 heterocycles. The van der Waals surface area contributed by atoms with Crippen LogP contribution in [0.1, 0.15) is 25.3 Å². The Bertz CT molecular complexity index is 733. The average Bonchev–Trinajstić information content (AvgIpc) is 2.98. The van der Waals surface area contributed by atoms with E-state index in [2.05, 4.69) is 22.7 Å². The molecule has 0 spiro atoms. The second-order valence-electron chi connectivity index (χ2n) is 6.19. The van der Waals surface area contributed by atoms with Crippen LogP contribution in [-0.2, 0) is 11.3 Å². The number of amides is 1. The Morgan fingerprint density at radius 3 is 3.08 bits per heavy atom. The second-order valence-corrected chi connectivity index (χ2v) is 6.60. The number of nitrogens with zero attached hydrogens (tertiary/aromatic N) is 2. The van der Waals surface area contributed by atoms with Gasteiger partial charge in [0.05, 0.1) is 17.8 Å². The largest absolute Gasteiger partial charge is 0.314 e. The summed E-state index contributed by atoms with van der Waals surface area (Å²) >= 11 is 5.70. The van der Waals surface area contributed by atoms with Gasteiger partial charge in [-0.05, 0) is 44.0 Å². The minimum atomic E-state index is -0.462. The van der Waals surface area contributed by atoms with Gasteiger partial charge in [-0.1, -0.05) is 17.7 Å². The third-order valence-corrected chi connectivity index (χ3v) is 4.59. The predicted octanol–water partition coefficient (Wildman–Crippen LogP) is 3.05. The summed E-state index contributed by atoms with van der Waals surface area (Å²) in [5, 5.41) is 10.6. The zero-order chi connectivity index (χ0) is 17.1. The Morgan fingerprint density at radius 2 is 2.33 bits per heavy atom. The molecule has 0 radical (unpaired) electrons. The van der Waals surface area contributed by atoms with Crippen LogP contribution in [0.15, 0.2) is 30.5 Å². The number of hydrogen-bond acceptors (Lipinski definition) is 3. The van der Waals surface area contributed by atoms with Crippen LogP contribution in [0.25, 0.3) is 0 Å². The number of aromatic nitrogens is 2. The smallest absolute Gasteiger partial charge is 0.228 e. The van der Waals surface area contributed by atoms with Crippen LogP contribution >= 0.6 is 11.6 Å². The number of benzene rings is 1. The first-order valence-electron chi connectivity index (χ1n) is 8.03. The molecule has 7 heteroatoms. The summed E-state index contributed by atoms with van der Waals surface area (Å²) in [7, 11) is 0. The molecule has 2 atom stereocenters. The highest BCUT2D eigenvalue weighted by atomic mass is 35.5. The maximum atomic E-state index is 13.6. The van der Waals surface area contributed by atoms with Crippen LogP contribution in [0.3, 0.4) is 0 Å². The number of rotatable bonds is 4. The van der Waals surface area contributed by atoms with Crippen molar-refractivity contribution in [2.45, 2.75) is 32.4 Å². The number of carbonyl (C=O) groups is 1. The molecule has 1 aliphatic rings. The molecule has 2 N–H and O–H groups in total. The van der Waals surface area contributed by atoms with Gasteiger partial charge in [0.15, 0.2) is 0 Å². The van der Waals surface area contributed by atoms with Crippen LogP contribution in [0.2, 0.25) is 5.02 Å². The first-order valence-corrected chi connectivity index (χ1v) is 8.40. The number of carbonyl (C=O) groups excluding carboxylic acids is 1. The minimum absolute atomic E-state index is 0.00224. The highest BCUT2D eigenvalue weighted by Gasteiger charge is 2.25. The van der Waals surface area contributed by atoms with Crippen LogP contribution in [0, 0.1) is 11.7 Å².